The van der Waals surface area contributed by atoms with Gasteiger partial charge in [-0.25, -0.2) is 13.8 Å². The second-order valence-corrected chi connectivity index (χ2v) is 12.4. The minimum atomic E-state index is -4.00. The Labute approximate surface area is 253 Å². The molecule has 1 aromatic heterocycles. The maximum Gasteiger partial charge on any atom is 0.273 e. The Morgan fingerprint density at radius 3 is 2.09 bits per heavy atom. The Kier molecular flexibility index (Phi) is 8.59. The number of anilines is 1. The number of hydrazone groups is 1. The van der Waals surface area contributed by atoms with Crippen LogP contribution >= 0.6 is 0 Å². The summed E-state index contributed by atoms with van der Waals surface area (Å²) < 4.78 is 31.2. The summed E-state index contributed by atoms with van der Waals surface area (Å²) in [6, 6.07) is 32.6. The van der Waals surface area contributed by atoms with Gasteiger partial charge in [0, 0.05) is 22.6 Å². The lowest BCUT2D eigenvalue weighted by molar-refractivity contribution is 0.0955. The van der Waals surface area contributed by atoms with Crippen molar-refractivity contribution in [1.82, 2.24) is 9.99 Å². The SMILES string of the molecule is Cc1cc(C)cc(-n2c(C)cc(/C=N\NC(=O)c3ccccc3N(Cc3ccccc3)S(=O)(=O)c3ccccc3)c2C)c1. The lowest BCUT2D eigenvalue weighted by Gasteiger charge is -2.26. The first-order valence-corrected chi connectivity index (χ1v) is 15.4. The lowest BCUT2D eigenvalue weighted by atomic mass is 10.1. The molecular formula is C35H34N4O3S. The van der Waals surface area contributed by atoms with Crippen molar-refractivity contribution < 1.29 is 13.2 Å². The molecular weight excluding hydrogens is 556 g/mol. The molecule has 0 aliphatic heterocycles. The van der Waals surface area contributed by atoms with Gasteiger partial charge in [0.25, 0.3) is 15.9 Å². The van der Waals surface area contributed by atoms with E-state index in [4.69, 9.17) is 0 Å². The van der Waals surface area contributed by atoms with Gasteiger partial charge in [0.2, 0.25) is 0 Å². The number of rotatable bonds is 9. The van der Waals surface area contributed by atoms with Crippen LogP contribution in [0.1, 0.15) is 44.0 Å². The Balaban J connectivity index is 1.45. The summed E-state index contributed by atoms with van der Waals surface area (Å²) >= 11 is 0. The van der Waals surface area contributed by atoms with Crippen LogP contribution in [0.15, 0.2) is 119 Å². The molecule has 1 heterocycles. The molecule has 4 aromatic carbocycles. The average molecular weight is 591 g/mol. The first kappa shape index (κ1) is 29.5. The Hall–Kier alpha value is -4.95. The van der Waals surface area contributed by atoms with Crippen LogP contribution in [0.5, 0.6) is 0 Å². The highest BCUT2D eigenvalue weighted by Crippen LogP contribution is 2.29. The van der Waals surface area contributed by atoms with Crippen molar-refractivity contribution in [3.63, 3.8) is 0 Å². The molecule has 0 bridgehead atoms. The van der Waals surface area contributed by atoms with Gasteiger partial charge in [-0.15, -0.1) is 0 Å². The molecule has 43 heavy (non-hydrogen) atoms. The van der Waals surface area contributed by atoms with Crippen LogP contribution in [0, 0.1) is 27.7 Å². The molecule has 5 rings (SSSR count). The summed E-state index contributed by atoms with van der Waals surface area (Å²) in [7, 11) is -4.00. The zero-order valence-corrected chi connectivity index (χ0v) is 25.5. The molecule has 1 amide bonds. The zero-order chi connectivity index (χ0) is 30.6. The third-order valence-corrected chi connectivity index (χ3v) is 9.00. The van der Waals surface area contributed by atoms with Gasteiger partial charge in [-0.05, 0) is 86.8 Å². The van der Waals surface area contributed by atoms with Crippen molar-refractivity contribution in [2.45, 2.75) is 39.1 Å². The Bertz CT molecular complexity index is 1880. The summed E-state index contributed by atoms with van der Waals surface area (Å²) in [5, 5.41) is 4.26. The van der Waals surface area contributed by atoms with Gasteiger partial charge in [-0.3, -0.25) is 9.10 Å². The summed E-state index contributed by atoms with van der Waals surface area (Å²) in [5.74, 6) is -0.517. The van der Waals surface area contributed by atoms with E-state index >= 15 is 0 Å². The number of carbonyl (C=O) groups is 1. The van der Waals surface area contributed by atoms with Gasteiger partial charge in [-0.2, -0.15) is 5.10 Å². The molecule has 0 spiro atoms. The van der Waals surface area contributed by atoms with Crippen molar-refractivity contribution in [1.29, 1.82) is 0 Å². The molecule has 8 heteroatoms. The third-order valence-electron chi connectivity index (χ3n) is 7.22. The highest BCUT2D eigenvalue weighted by Gasteiger charge is 2.28. The lowest BCUT2D eigenvalue weighted by Crippen LogP contribution is -2.33. The molecule has 0 saturated carbocycles. The van der Waals surface area contributed by atoms with Crippen LogP contribution in [-0.2, 0) is 16.6 Å². The molecule has 218 valence electrons. The van der Waals surface area contributed by atoms with Gasteiger partial charge in [0.15, 0.2) is 0 Å². The quantitative estimate of drug-likeness (QED) is 0.150. The van der Waals surface area contributed by atoms with Gasteiger partial charge < -0.3 is 4.57 Å². The maximum absolute atomic E-state index is 13.9. The fraction of sp³-hybridized carbons (Fsp3) is 0.143. The number of amides is 1. The van der Waals surface area contributed by atoms with E-state index < -0.39 is 15.9 Å². The van der Waals surface area contributed by atoms with Crippen LogP contribution in [0.2, 0.25) is 0 Å². The molecule has 5 aromatic rings. The third kappa shape index (κ3) is 6.44. The fourth-order valence-corrected chi connectivity index (χ4v) is 6.76. The summed E-state index contributed by atoms with van der Waals surface area (Å²) in [6.45, 7) is 8.25. The topological polar surface area (TPSA) is 83.8 Å². The molecule has 0 aliphatic rings. The minimum Gasteiger partial charge on any atom is -0.318 e. The van der Waals surface area contributed by atoms with Crippen LogP contribution in [0.4, 0.5) is 5.69 Å². The fourth-order valence-electron chi connectivity index (χ4n) is 5.27. The van der Waals surface area contributed by atoms with Crippen molar-refractivity contribution in [3.8, 4) is 5.69 Å². The van der Waals surface area contributed by atoms with Crippen LogP contribution in [-0.4, -0.2) is 25.1 Å². The molecule has 0 unspecified atom stereocenters. The van der Waals surface area contributed by atoms with E-state index in [1.165, 1.54) is 15.4 Å². The second-order valence-electron chi connectivity index (χ2n) is 10.5. The normalized spacial score (nSPS) is 11.5. The summed E-state index contributed by atoms with van der Waals surface area (Å²) in [5.41, 5.74) is 10.2. The van der Waals surface area contributed by atoms with Crippen LogP contribution in [0.25, 0.3) is 5.69 Å². The highest BCUT2D eigenvalue weighted by atomic mass is 32.2. The Morgan fingerprint density at radius 1 is 0.814 bits per heavy atom. The molecule has 0 atom stereocenters. The van der Waals surface area contributed by atoms with E-state index in [0.717, 1.165) is 28.2 Å². The highest BCUT2D eigenvalue weighted by molar-refractivity contribution is 7.92. The number of para-hydroxylation sites is 1. The number of hydrogen-bond acceptors (Lipinski definition) is 4. The molecule has 0 fully saturated rings. The number of aryl methyl sites for hydroxylation is 3. The van der Waals surface area contributed by atoms with Crippen molar-refractivity contribution in [3.05, 3.63) is 148 Å². The number of carbonyl (C=O) groups excluding carboxylic acids is 1. The van der Waals surface area contributed by atoms with Gasteiger partial charge in [-0.1, -0.05) is 66.7 Å². The molecule has 0 radical (unpaired) electrons. The smallest absolute Gasteiger partial charge is 0.273 e. The standard InChI is InChI=1S/C35H34N4O3S/c1-25-19-26(2)21-31(20-25)39-27(3)22-30(28(39)4)23-36-37-35(40)33-17-11-12-18-34(33)38(24-29-13-7-5-8-14-29)43(41,42)32-15-9-6-10-16-32/h5-23H,24H2,1-4H3,(H,37,40)/b36-23-. The van der Waals surface area contributed by atoms with E-state index in [9.17, 15) is 13.2 Å². The largest absolute Gasteiger partial charge is 0.318 e. The number of nitrogens with one attached hydrogen (secondary N) is 1. The van der Waals surface area contributed by atoms with Gasteiger partial charge >= 0.3 is 0 Å². The molecule has 0 saturated heterocycles. The molecule has 1 N–H and O–H groups in total. The van der Waals surface area contributed by atoms with Crippen molar-refractivity contribution in [2.24, 2.45) is 5.10 Å². The summed E-state index contributed by atoms with van der Waals surface area (Å²) in [6.07, 6.45) is 1.62. The first-order chi connectivity index (χ1) is 20.6. The first-order valence-electron chi connectivity index (χ1n) is 14.0. The van der Waals surface area contributed by atoms with E-state index in [2.05, 4.69) is 47.1 Å². The predicted molar refractivity (Wildman–Crippen MR) is 172 cm³/mol. The van der Waals surface area contributed by atoms with Crippen LogP contribution in [0.3, 0.4) is 0 Å². The van der Waals surface area contributed by atoms with E-state index in [1.807, 2.05) is 50.2 Å². The Morgan fingerprint density at radius 2 is 1.42 bits per heavy atom. The predicted octanol–water partition coefficient (Wildman–Crippen LogP) is 6.87. The average Bonchev–Trinajstić information content (AvgIpc) is 3.28. The van der Waals surface area contributed by atoms with E-state index in [1.54, 1.807) is 60.8 Å². The number of hydrogen-bond donors (Lipinski definition) is 1. The van der Waals surface area contributed by atoms with E-state index in [-0.39, 0.29) is 22.7 Å². The van der Waals surface area contributed by atoms with Crippen LogP contribution < -0.4 is 9.73 Å². The maximum atomic E-state index is 13.9. The monoisotopic (exact) mass is 590 g/mol. The number of aromatic nitrogens is 1. The van der Waals surface area contributed by atoms with Crippen molar-refractivity contribution in [2.75, 3.05) is 4.31 Å². The molecule has 0 aliphatic carbocycles. The number of nitrogens with zero attached hydrogens (tertiary/aromatic N) is 3. The number of benzene rings is 4. The summed E-state index contributed by atoms with van der Waals surface area (Å²) in [4.78, 5) is 13.6. The van der Waals surface area contributed by atoms with Gasteiger partial charge in [0.05, 0.1) is 28.9 Å². The second kappa shape index (κ2) is 12.5. The van der Waals surface area contributed by atoms with E-state index in [0.29, 0.717) is 0 Å². The van der Waals surface area contributed by atoms with Crippen molar-refractivity contribution >= 4 is 27.8 Å². The minimum absolute atomic E-state index is 0.0516. The zero-order valence-electron chi connectivity index (χ0n) is 24.7. The molecule has 7 nitrogen and oxygen atoms in total. The van der Waals surface area contributed by atoms with Gasteiger partial charge in [0.1, 0.15) is 0 Å². The number of sulfonamides is 1.